The maximum absolute atomic E-state index is 14.1. The zero-order valence-electron chi connectivity index (χ0n) is 31.3. The van der Waals surface area contributed by atoms with Crippen LogP contribution in [0.25, 0.3) is 10.9 Å². The summed E-state index contributed by atoms with van der Waals surface area (Å²) in [4.78, 5) is 93.8. The molecule has 0 aliphatic carbocycles. The molecule has 6 atom stereocenters. The molecule has 2 heterocycles. The van der Waals surface area contributed by atoms with Gasteiger partial charge in [0.1, 0.15) is 30.2 Å². The summed E-state index contributed by atoms with van der Waals surface area (Å²) in [5.74, 6) is -5.35. The molecule has 0 unspecified atom stereocenters. The molecule has 20 nitrogen and oxygen atoms in total. The summed E-state index contributed by atoms with van der Waals surface area (Å²) in [6, 6.07) is 0.0802. The predicted octanol–water partition coefficient (Wildman–Crippen LogP) is -2.45. The first-order chi connectivity index (χ1) is 27.3. The number of H-pyrrole nitrogens is 2. The molecular formula is C35H53N13O7S2. The van der Waals surface area contributed by atoms with Crippen LogP contribution in [0.4, 0.5) is 0 Å². The Labute approximate surface area is 340 Å². The van der Waals surface area contributed by atoms with E-state index in [1.807, 2.05) is 24.3 Å². The summed E-state index contributed by atoms with van der Waals surface area (Å²) in [5, 5.41) is 23.4. The van der Waals surface area contributed by atoms with Crippen molar-refractivity contribution in [3.8, 4) is 0 Å². The molecule has 0 fully saturated rings. The van der Waals surface area contributed by atoms with Crippen molar-refractivity contribution in [1.29, 1.82) is 0 Å². The smallest absolute Gasteiger partial charge is 0.327 e. The first kappa shape index (κ1) is 46.1. The van der Waals surface area contributed by atoms with E-state index in [0.717, 1.165) is 10.9 Å². The normalized spacial score (nSPS) is 14.2. The largest absolute Gasteiger partial charge is 0.480 e. The first-order valence-corrected chi connectivity index (χ1v) is 19.5. The number of carbonyl (C=O) groups is 6. The molecule has 16 N–H and O–H groups in total. The Bertz CT molecular complexity index is 1820. The molecule has 312 valence electrons. The van der Waals surface area contributed by atoms with E-state index in [-0.39, 0.29) is 56.1 Å². The van der Waals surface area contributed by atoms with Crippen LogP contribution >= 0.6 is 25.3 Å². The van der Waals surface area contributed by atoms with Crippen LogP contribution in [0.5, 0.6) is 0 Å². The number of imidazole rings is 1. The SMILES string of the molecule is NCCCC[C@H](NC(=O)[C@H](CCCN=C(N)N)NC(=O)[C@H](Cc1c[nH]c2ccccc12)NC(=O)[C@@H](N)CS)C(=O)N[C@@H](Cc1cnc[nH]1)C(=O)N[C@@H](CS)C(=O)O. The summed E-state index contributed by atoms with van der Waals surface area (Å²) >= 11 is 8.10. The molecular weight excluding hydrogens is 779 g/mol. The Morgan fingerprint density at radius 2 is 1.33 bits per heavy atom. The fourth-order valence-electron chi connectivity index (χ4n) is 5.73. The number of amides is 5. The van der Waals surface area contributed by atoms with Crippen molar-refractivity contribution in [3.63, 3.8) is 0 Å². The van der Waals surface area contributed by atoms with Gasteiger partial charge in [0.05, 0.1) is 12.4 Å². The van der Waals surface area contributed by atoms with Crippen LogP contribution in [0.15, 0.2) is 48.0 Å². The number of hydrogen-bond acceptors (Lipinski definition) is 12. The number of thiol groups is 2. The van der Waals surface area contributed by atoms with Gasteiger partial charge in [0.15, 0.2) is 5.96 Å². The van der Waals surface area contributed by atoms with Crippen molar-refractivity contribution >= 4 is 77.6 Å². The molecule has 22 heteroatoms. The molecule has 0 saturated heterocycles. The van der Waals surface area contributed by atoms with Crippen LogP contribution < -0.4 is 49.5 Å². The molecule has 2 aromatic heterocycles. The van der Waals surface area contributed by atoms with Gasteiger partial charge in [-0.05, 0) is 50.3 Å². The Morgan fingerprint density at radius 1 is 0.754 bits per heavy atom. The quantitative estimate of drug-likeness (QED) is 0.0183. The summed E-state index contributed by atoms with van der Waals surface area (Å²) in [6.45, 7) is 0.417. The number of carboxylic acid groups (broad SMARTS) is 1. The number of aliphatic imine (C=N–C) groups is 1. The molecule has 3 rings (SSSR count). The number of benzene rings is 1. The highest BCUT2D eigenvalue weighted by Crippen LogP contribution is 2.19. The highest BCUT2D eigenvalue weighted by molar-refractivity contribution is 7.80. The van der Waals surface area contributed by atoms with Gasteiger partial charge in [-0.1, -0.05) is 18.2 Å². The minimum atomic E-state index is -1.34. The lowest BCUT2D eigenvalue weighted by atomic mass is 10.0. The van der Waals surface area contributed by atoms with Crippen LogP contribution in [0.3, 0.4) is 0 Å². The number of fused-ring (bicyclic) bond motifs is 1. The van der Waals surface area contributed by atoms with Gasteiger partial charge in [-0.3, -0.25) is 29.0 Å². The van der Waals surface area contributed by atoms with Gasteiger partial charge in [0, 0.05) is 59.9 Å². The lowest BCUT2D eigenvalue weighted by molar-refractivity contribution is -0.141. The van der Waals surface area contributed by atoms with E-state index in [0.29, 0.717) is 30.6 Å². The van der Waals surface area contributed by atoms with Gasteiger partial charge in [0.2, 0.25) is 29.5 Å². The Kier molecular flexibility index (Phi) is 19.1. The maximum atomic E-state index is 14.1. The third kappa shape index (κ3) is 14.9. The number of para-hydroxylation sites is 1. The number of nitrogens with one attached hydrogen (secondary N) is 7. The van der Waals surface area contributed by atoms with E-state index in [1.165, 1.54) is 12.5 Å². The average Bonchev–Trinajstić information content (AvgIpc) is 3.86. The average molecular weight is 832 g/mol. The number of carbonyl (C=O) groups excluding carboxylic acids is 5. The molecule has 0 saturated carbocycles. The third-order valence-electron chi connectivity index (χ3n) is 8.83. The minimum Gasteiger partial charge on any atom is -0.480 e. The highest BCUT2D eigenvalue weighted by atomic mass is 32.1. The fraction of sp³-hybridized carbons (Fsp3) is 0.486. The Hall–Kier alpha value is -5.32. The lowest BCUT2D eigenvalue weighted by Gasteiger charge is -2.27. The van der Waals surface area contributed by atoms with Crippen LogP contribution in [0.1, 0.15) is 43.4 Å². The molecule has 0 aliphatic heterocycles. The lowest BCUT2D eigenvalue weighted by Crippen LogP contribution is -2.60. The van der Waals surface area contributed by atoms with E-state index in [1.54, 1.807) is 6.20 Å². The zero-order valence-corrected chi connectivity index (χ0v) is 33.1. The van der Waals surface area contributed by atoms with Crippen molar-refractivity contribution in [2.24, 2.45) is 27.9 Å². The van der Waals surface area contributed by atoms with Gasteiger partial charge in [-0.25, -0.2) is 9.78 Å². The van der Waals surface area contributed by atoms with Gasteiger partial charge in [0.25, 0.3) is 0 Å². The number of rotatable bonds is 25. The van der Waals surface area contributed by atoms with E-state index < -0.39 is 71.8 Å². The molecule has 0 bridgehead atoms. The number of carboxylic acids is 1. The zero-order chi connectivity index (χ0) is 41.9. The minimum absolute atomic E-state index is 0.0103. The van der Waals surface area contributed by atoms with Crippen molar-refractivity contribution in [1.82, 2.24) is 41.5 Å². The van der Waals surface area contributed by atoms with Gasteiger partial charge in [-0.15, -0.1) is 0 Å². The molecule has 0 aliphatic rings. The molecule has 57 heavy (non-hydrogen) atoms. The summed E-state index contributed by atoms with van der Waals surface area (Å²) in [6.07, 6.45) is 5.72. The molecule has 0 spiro atoms. The van der Waals surface area contributed by atoms with E-state index >= 15 is 0 Å². The predicted molar refractivity (Wildman–Crippen MR) is 220 cm³/mol. The monoisotopic (exact) mass is 831 g/mol. The number of aromatic amines is 2. The molecule has 5 amide bonds. The molecule has 0 radical (unpaired) electrons. The second-order valence-electron chi connectivity index (χ2n) is 13.2. The van der Waals surface area contributed by atoms with Crippen LogP contribution in [-0.4, -0.2) is 122 Å². The Balaban J connectivity index is 1.90. The molecule has 1 aromatic carbocycles. The van der Waals surface area contributed by atoms with Crippen LogP contribution in [0, 0.1) is 0 Å². The number of aliphatic carboxylic acids is 1. The first-order valence-electron chi connectivity index (χ1n) is 18.3. The van der Waals surface area contributed by atoms with Crippen molar-refractivity contribution in [2.75, 3.05) is 24.6 Å². The number of aromatic nitrogens is 3. The van der Waals surface area contributed by atoms with Crippen LogP contribution in [0.2, 0.25) is 0 Å². The van der Waals surface area contributed by atoms with E-state index in [2.05, 4.69) is 71.8 Å². The number of hydrogen-bond donors (Lipinski definition) is 14. The second kappa shape index (κ2) is 23.7. The summed E-state index contributed by atoms with van der Waals surface area (Å²) < 4.78 is 0. The molecule has 3 aromatic rings. The standard InChI is InChI=1S/C35H53N13O7S2/c36-10-4-3-8-24(31(51)47-27(13-20-15-40-18-43-20)33(53)48-28(17-57)34(54)55)44-30(50)25(9-5-11-41-35(38)39)45-32(52)26(46-29(49)22(37)16-56)12-19-14-42-23-7-2-1-6-21(19)23/h1-2,6-7,14-15,18,22,24-28,42,56-57H,3-5,8-13,16-17,36-37H2,(H,40,43)(H,44,50)(H,45,52)(H,46,49)(H,47,51)(H,48,53)(H,54,55)(H4,38,39,41)/t22-,24-,25-,26-,27-,28-/m0/s1. The van der Waals surface area contributed by atoms with E-state index in [9.17, 15) is 33.9 Å². The number of nitrogens with zero attached hydrogens (tertiary/aromatic N) is 2. The van der Waals surface area contributed by atoms with Crippen molar-refractivity contribution in [3.05, 3.63) is 54.2 Å². The summed E-state index contributed by atoms with van der Waals surface area (Å²) in [5.41, 5.74) is 24.6. The highest BCUT2D eigenvalue weighted by Gasteiger charge is 2.33. The van der Waals surface area contributed by atoms with E-state index in [4.69, 9.17) is 22.9 Å². The van der Waals surface area contributed by atoms with Crippen LogP contribution in [-0.2, 0) is 41.6 Å². The summed E-state index contributed by atoms with van der Waals surface area (Å²) in [7, 11) is 0. The number of unbranched alkanes of at least 4 members (excludes halogenated alkanes) is 1. The number of guanidine groups is 1. The Morgan fingerprint density at radius 3 is 1.91 bits per heavy atom. The van der Waals surface area contributed by atoms with Crippen molar-refractivity contribution < 1.29 is 33.9 Å². The van der Waals surface area contributed by atoms with Gasteiger partial charge >= 0.3 is 5.97 Å². The topological polar surface area (TPSA) is 344 Å². The van der Waals surface area contributed by atoms with Gasteiger partial charge < -0.3 is 64.6 Å². The second-order valence-corrected chi connectivity index (χ2v) is 13.9. The number of nitrogens with two attached hydrogens (primary N) is 4. The fourth-order valence-corrected chi connectivity index (χ4v) is 6.14. The maximum Gasteiger partial charge on any atom is 0.327 e. The third-order valence-corrected chi connectivity index (χ3v) is 9.59. The van der Waals surface area contributed by atoms with Crippen molar-refractivity contribution in [2.45, 2.75) is 81.2 Å². The van der Waals surface area contributed by atoms with Gasteiger partial charge in [-0.2, -0.15) is 25.3 Å².